The van der Waals surface area contributed by atoms with E-state index in [-0.39, 0.29) is 13.1 Å². The summed E-state index contributed by atoms with van der Waals surface area (Å²) in [6, 6.07) is 10.3. The van der Waals surface area contributed by atoms with Crippen LogP contribution in [0.2, 0.25) is 0 Å². The number of anilines is 1. The minimum atomic E-state index is -3.63. The van der Waals surface area contributed by atoms with Gasteiger partial charge >= 0.3 is 0 Å². The Hall–Kier alpha value is -2.21. The molecule has 2 rings (SSSR count). The van der Waals surface area contributed by atoms with Crippen LogP contribution in [0, 0.1) is 3.57 Å². The molecule has 10 heteroatoms. The number of ether oxygens (including phenoxy) is 3. The van der Waals surface area contributed by atoms with Crippen LogP contribution in [0.3, 0.4) is 0 Å². The van der Waals surface area contributed by atoms with Gasteiger partial charge in [-0.25, -0.2) is 8.42 Å². The van der Waals surface area contributed by atoms with Gasteiger partial charge in [0.25, 0.3) is 0 Å². The van der Waals surface area contributed by atoms with E-state index in [0.29, 0.717) is 28.5 Å². The zero-order chi connectivity index (χ0) is 21.6. The molecular formula is C19H23IN2O6S. The van der Waals surface area contributed by atoms with Crippen LogP contribution in [0.15, 0.2) is 36.4 Å². The van der Waals surface area contributed by atoms with E-state index in [4.69, 9.17) is 14.2 Å². The molecule has 1 N–H and O–H groups in total. The van der Waals surface area contributed by atoms with Gasteiger partial charge in [-0.1, -0.05) is 0 Å². The standard InChI is InChI=1S/C19H23IN2O6S/c1-26-16-10-5-13(18(27-2)19(16)28-3)11-21-17(23)12-22(29(4,24)25)15-8-6-14(20)7-9-15/h5-10H,11-12H2,1-4H3,(H,21,23). The minimum absolute atomic E-state index is 0.132. The number of methoxy groups -OCH3 is 3. The molecule has 158 valence electrons. The summed E-state index contributed by atoms with van der Waals surface area (Å²) in [5.74, 6) is 0.898. The van der Waals surface area contributed by atoms with Crippen LogP contribution < -0.4 is 23.8 Å². The number of halogens is 1. The number of hydrogen-bond acceptors (Lipinski definition) is 6. The van der Waals surface area contributed by atoms with Crippen molar-refractivity contribution < 1.29 is 27.4 Å². The Morgan fingerprint density at radius 3 is 2.14 bits per heavy atom. The minimum Gasteiger partial charge on any atom is -0.493 e. The van der Waals surface area contributed by atoms with Crippen molar-refractivity contribution in [2.75, 3.05) is 38.4 Å². The van der Waals surface area contributed by atoms with E-state index in [2.05, 4.69) is 27.9 Å². The number of rotatable bonds is 9. The van der Waals surface area contributed by atoms with Crippen molar-refractivity contribution in [3.63, 3.8) is 0 Å². The quantitative estimate of drug-likeness (QED) is 0.497. The van der Waals surface area contributed by atoms with E-state index in [1.54, 1.807) is 36.4 Å². The Balaban J connectivity index is 2.17. The Labute approximate surface area is 184 Å². The normalized spacial score (nSPS) is 10.9. The lowest BCUT2D eigenvalue weighted by Crippen LogP contribution is -2.40. The molecule has 0 heterocycles. The molecule has 0 aliphatic carbocycles. The molecule has 0 aliphatic heterocycles. The molecule has 0 saturated heterocycles. The molecule has 29 heavy (non-hydrogen) atoms. The summed E-state index contributed by atoms with van der Waals surface area (Å²) in [5.41, 5.74) is 1.09. The number of carbonyl (C=O) groups excluding carboxylic acids is 1. The summed E-state index contributed by atoms with van der Waals surface area (Å²) in [6.45, 7) is -0.207. The SMILES string of the molecule is COc1ccc(CNC(=O)CN(c2ccc(I)cc2)S(C)(=O)=O)c(OC)c1OC. The summed E-state index contributed by atoms with van der Waals surface area (Å²) < 4.78 is 42.3. The molecular weight excluding hydrogens is 511 g/mol. The van der Waals surface area contributed by atoms with Crippen molar-refractivity contribution in [3.8, 4) is 17.2 Å². The molecule has 0 aromatic heterocycles. The van der Waals surface area contributed by atoms with E-state index < -0.39 is 15.9 Å². The number of benzene rings is 2. The highest BCUT2D eigenvalue weighted by molar-refractivity contribution is 14.1. The first kappa shape index (κ1) is 23.1. The molecule has 1 amide bonds. The molecule has 8 nitrogen and oxygen atoms in total. The van der Waals surface area contributed by atoms with E-state index >= 15 is 0 Å². The van der Waals surface area contributed by atoms with Crippen LogP contribution >= 0.6 is 22.6 Å². The highest BCUT2D eigenvalue weighted by Gasteiger charge is 2.21. The van der Waals surface area contributed by atoms with Crippen LogP contribution in [0.5, 0.6) is 17.2 Å². The van der Waals surface area contributed by atoms with E-state index in [0.717, 1.165) is 14.1 Å². The lowest BCUT2D eigenvalue weighted by molar-refractivity contribution is -0.119. The fourth-order valence-corrected chi connectivity index (χ4v) is 3.91. The van der Waals surface area contributed by atoms with Gasteiger partial charge in [-0.05, 0) is 59.0 Å². The highest BCUT2D eigenvalue weighted by Crippen LogP contribution is 2.39. The van der Waals surface area contributed by atoms with Crippen molar-refractivity contribution in [2.45, 2.75) is 6.54 Å². The molecule has 2 aromatic carbocycles. The zero-order valence-corrected chi connectivity index (χ0v) is 19.5. The van der Waals surface area contributed by atoms with Crippen molar-refractivity contribution in [1.29, 1.82) is 0 Å². The number of sulfonamides is 1. The first-order valence-electron chi connectivity index (χ1n) is 8.49. The summed E-state index contributed by atoms with van der Waals surface area (Å²) in [5, 5.41) is 2.72. The van der Waals surface area contributed by atoms with Crippen molar-refractivity contribution >= 4 is 44.2 Å². The Bertz CT molecular complexity index is 963. The summed E-state index contributed by atoms with van der Waals surface area (Å²) >= 11 is 2.13. The smallest absolute Gasteiger partial charge is 0.241 e. The van der Waals surface area contributed by atoms with Gasteiger partial charge in [0.05, 0.1) is 33.3 Å². The molecule has 0 fully saturated rings. The summed E-state index contributed by atoms with van der Waals surface area (Å²) in [6.07, 6.45) is 1.07. The van der Waals surface area contributed by atoms with Gasteiger partial charge in [-0.2, -0.15) is 0 Å². The largest absolute Gasteiger partial charge is 0.493 e. The number of carbonyl (C=O) groups is 1. The molecule has 0 aliphatic rings. The average molecular weight is 534 g/mol. The average Bonchev–Trinajstić information content (AvgIpc) is 2.69. The third-order valence-corrected chi connectivity index (χ3v) is 5.92. The van der Waals surface area contributed by atoms with Crippen molar-refractivity contribution in [3.05, 3.63) is 45.5 Å². The zero-order valence-electron chi connectivity index (χ0n) is 16.6. The number of nitrogens with one attached hydrogen (secondary N) is 1. The summed E-state index contributed by atoms with van der Waals surface area (Å²) in [7, 11) is 0.869. The molecule has 0 radical (unpaired) electrons. The number of nitrogens with zero attached hydrogens (tertiary/aromatic N) is 1. The lowest BCUT2D eigenvalue weighted by atomic mass is 10.1. The number of amides is 1. The lowest BCUT2D eigenvalue weighted by Gasteiger charge is -2.22. The van der Waals surface area contributed by atoms with Gasteiger partial charge in [-0.3, -0.25) is 9.10 Å². The van der Waals surface area contributed by atoms with Gasteiger partial charge in [0, 0.05) is 15.7 Å². The summed E-state index contributed by atoms with van der Waals surface area (Å²) in [4.78, 5) is 12.5. The maximum Gasteiger partial charge on any atom is 0.241 e. The van der Waals surface area contributed by atoms with E-state index in [9.17, 15) is 13.2 Å². The maximum absolute atomic E-state index is 12.5. The third kappa shape index (κ3) is 5.89. The molecule has 0 spiro atoms. The second-order valence-corrected chi connectivity index (χ2v) is 9.17. The molecule has 0 unspecified atom stereocenters. The van der Waals surface area contributed by atoms with Crippen molar-refractivity contribution in [2.24, 2.45) is 0 Å². The topological polar surface area (TPSA) is 94.2 Å². The monoisotopic (exact) mass is 534 g/mol. The highest BCUT2D eigenvalue weighted by atomic mass is 127. The van der Waals surface area contributed by atoms with Gasteiger partial charge in [-0.15, -0.1) is 0 Å². The second-order valence-electron chi connectivity index (χ2n) is 6.02. The molecule has 0 saturated carbocycles. The van der Waals surface area contributed by atoms with Crippen LogP contribution in [-0.2, 0) is 21.4 Å². The van der Waals surface area contributed by atoms with Gasteiger partial charge in [0.1, 0.15) is 6.54 Å². The van der Waals surface area contributed by atoms with Crippen LogP contribution in [0.4, 0.5) is 5.69 Å². The molecule has 0 atom stereocenters. The Kier molecular flexibility index (Phi) is 7.96. The maximum atomic E-state index is 12.5. The first-order valence-corrected chi connectivity index (χ1v) is 11.4. The fourth-order valence-electron chi connectivity index (χ4n) is 2.69. The van der Waals surface area contributed by atoms with Crippen LogP contribution in [0.25, 0.3) is 0 Å². The van der Waals surface area contributed by atoms with Gasteiger partial charge in [0.2, 0.25) is 21.7 Å². The fraction of sp³-hybridized carbons (Fsp3) is 0.316. The van der Waals surface area contributed by atoms with Gasteiger partial charge in [0.15, 0.2) is 11.5 Å². The van der Waals surface area contributed by atoms with Gasteiger partial charge < -0.3 is 19.5 Å². The molecule has 0 bridgehead atoms. The van der Waals surface area contributed by atoms with E-state index in [1.807, 2.05) is 0 Å². The molecule has 2 aromatic rings. The predicted octanol–water partition coefficient (Wildman–Crippen LogP) is 2.40. The van der Waals surface area contributed by atoms with E-state index in [1.165, 1.54) is 21.3 Å². The predicted molar refractivity (Wildman–Crippen MR) is 119 cm³/mol. The van der Waals surface area contributed by atoms with Crippen molar-refractivity contribution in [1.82, 2.24) is 5.32 Å². The first-order chi connectivity index (χ1) is 13.7. The Morgan fingerprint density at radius 2 is 1.62 bits per heavy atom. The Morgan fingerprint density at radius 1 is 1.00 bits per heavy atom. The number of hydrogen-bond donors (Lipinski definition) is 1. The second kappa shape index (κ2) is 10.0. The third-order valence-electron chi connectivity index (χ3n) is 4.06. The van der Waals surface area contributed by atoms with Crippen LogP contribution in [0.1, 0.15) is 5.56 Å². The van der Waals surface area contributed by atoms with Crippen LogP contribution in [-0.4, -0.2) is 48.5 Å².